The fourth-order valence-electron chi connectivity index (χ4n) is 2.44. The van der Waals surface area contributed by atoms with Crippen molar-refractivity contribution in [3.8, 4) is 0 Å². The minimum Gasteiger partial charge on any atom is -0.377 e. The van der Waals surface area contributed by atoms with Crippen LogP contribution in [0.1, 0.15) is 37.9 Å². The fraction of sp³-hybridized carbons (Fsp3) is 0.769. The first-order valence-corrected chi connectivity index (χ1v) is 6.90. The van der Waals surface area contributed by atoms with Gasteiger partial charge in [-0.3, -0.25) is 0 Å². The van der Waals surface area contributed by atoms with E-state index in [0.717, 1.165) is 32.5 Å². The number of nitrogens with zero attached hydrogens (tertiary/aromatic N) is 2. The molecular weight excluding hydrogens is 228 g/mol. The maximum absolute atomic E-state index is 5.87. The number of aryl methyl sites for hydroxylation is 1. The van der Waals surface area contributed by atoms with Crippen LogP contribution in [0.25, 0.3) is 0 Å². The summed E-state index contributed by atoms with van der Waals surface area (Å²) in [5.41, 5.74) is 7.05. The van der Waals surface area contributed by atoms with Crippen LogP contribution in [-0.2, 0) is 11.3 Å². The minimum absolute atomic E-state index is 0.170. The molecule has 2 unspecified atom stereocenters. The highest BCUT2D eigenvalue weighted by Gasteiger charge is 2.19. The van der Waals surface area contributed by atoms with Crippen LogP contribution in [0.5, 0.6) is 0 Å². The van der Waals surface area contributed by atoms with E-state index >= 15 is 0 Å². The number of hydrogen-bond acceptors (Lipinski definition) is 4. The van der Waals surface area contributed by atoms with E-state index in [9.17, 15) is 0 Å². The molecule has 3 N–H and O–H groups in total. The van der Waals surface area contributed by atoms with E-state index in [-0.39, 0.29) is 6.04 Å². The van der Waals surface area contributed by atoms with Gasteiger partial charge in [0.2, 0.25) is 0 Å². The summed E-state index contributed by atoms with van der Waals surface area (Å²) in [6.45, 7) is 5.52. The van der Waals surface area contributed by atoms with Gasteiger partial charge >= 0.3 is 0 Å². The smallest absolute Gasteiger partial charge is 0.0948 e. The molecule has 0 amide bonds. The molecule has 2 atom stereocenters. The van der Waals surface area contributed by atoms with Crippen molar-refractivity contribution >= 4 is 0 Å². The second kappa shape index (κ2) is 6.87. The molecule has 2 rings (SSSR count). The van der Waals surface area contributed by atoms with E-state index in [1.165, 1.54) is 12.1 Å². The largest absolute Gasteiger partial charge is 0.377 e. The molecule has 1 aliphatic rings. The van der Waals surface area contributed by atoms with E-state index in [1.807, 2.05) is 12.5 Å². The van der Waals surface area contributed by atoms with E-state index in [2.05, 4.69) is 21.8 Å². The Morgan fingerprint density at radius 2 is 2.56 bits per heavy atom. The molecule has 1 fully saturated rings. The number of ether oxygens (including phenoxy) is 1. The van der Waals surface area contributed by atoms with Gasteiger partial charge < -0.3 is 20.4 Å². The Balaban J connectivity index is 1.91. The summed E-state index contributed by atoms with van der Waals surface area (Å²) in [5.74, 6) is 0. The third-order valence-corrected chi connectivity index (χ3v) is 3.42. The SMILES string of the molecule is CCCn1cncc1C(CN)NCC1CCCO1. The first kappa shape index (κ1) is 13.5. The van der Waals surface area contributed by atoms with Gasteiger partial charge in [-0.05, 0) is 19.3 Å². The van der Waals surface area contributed by atoms with Gasteiger partial charge in [-0.2, -0.15) is 0 Å². The number of nitrogens with one attached hydrogen (secondary N) is 1. The predicted molar refractivity (Wildman–Crippen MR) is 71.3 cm³/mol. The van der Waals surface area contributed by atoms with Crippen LogP contribution >= 0.6 is 0 Å². The number of rotatable bonds is 7. The van der Waals surface area contributed by atoms with Crippen LogP contribution in [-0.4, -0.2) is 35.4 Å². The Morgan fingerprint density at radius 3 is 3.22 bits per heavy atom. The zero-order chi connectivity index (χ0) is 12.8. The second-order valence-electron chi connectivity index (χ2n) is 4.84. The van der Waals surface area contributed by atoms with Gasteiger partial charge in [-0.15, -0.1) is 0 Å². The fourth-order valence-corrected chi connectivity index (χ4v) is 2.44. The number of nitrogens with two attached hydrogens (primary N) is 1. The number of hydrogen-bond donors (Lipinski definition) is 2. The topological polar surface area (TPSA) is 65.1 Å². The molecule has 102 valence electrons. The highest BCUT2D eigenvalue weighted by molar-refractivity contribution is 5.06. The molecule has 1 aromatic rings. The van der Waals surface area contributed by atoms with Gasteiger partial charge in [0.25, 0.3) is 0 Å². The maximum Gasteiger partial charge on any atom is 0.0948 e. The molecule has 0 aromatic carbocycles. The molecule has 0 radical (unpaired) electrons. The van der Waals surface area contributed by atoms with Crippen LogP contribution in [0, 0.1) is 0 Å². The summed E-state index contributed by atoms with van der Waals surface area (Å²) in [4.78, 5) is 4.23. The van der Waals surface area contributed by atoms with Crippen LogP contribution in [0.15, 0.2) is 12.5 Å². The van der Waals surface area contributed by atoms with Crippen molar-refractivity contribution in [1.82, 2.24) is 14.9 Å². The lowest BCUT2D eigenvalue weighted by molar-refractivity contribution is 0.107. The monoisotopic (exact) mass is 252 g/mol. The summed E-state index contributed by atoms with van der Waals surface area (Å²) in [7, 11) is 0. The van der Waals surface area contributed by atoms with Crippen molar-refractivity contribution < 1.29 is 4.74 Å². The van der Waals surface area contributed by atoms with E-state index < -0.39 is 0 Å². The summed E-state index contributed by atoms with van der Waals surface area (Å²) >= 11 is 0. The second-order valence-corrected chi connectivity index (χ2v) is 4.84. The van der Waals surface area contributed by atoms with E-state index in [0.29, 0.717) is 12.6 Å². The van der Waals surface area contributed by atoms with Crippen LogP contribution in [0.3, 0.4) is 0 Å². The Kier molecular flexibility index (Phi) is 5.16. The Hall–Kier alpha value is -0.910. The van der Waals surface area contributed by atoms with Crippen molar-refractivity contribution in [2.75, 3.05) is 19.7 Å². The first-order chi connectivity index (χ1) is 8.85. The lowest BCUT2D eigenvalue weighted by Gasteiger charge is -2.20. The zero-order valence-electron chi connectivity index (χ0n) is 11.1. The standard InChI is InChI=1S/C13H24N4O/c1-2-5-17-10-15-9-13(17)12(7-14)16-8-11-4-3-6-18-11/h9-12,16H,2-8,14H2,1H3. The number of aromatic nitrogens is 2. The van der Waals surface area contributed by atoms with Crippen LogP contribution in [0.2, 0.25) is 0 Å². The van der Waals surface area contributed by atoms with Gasteiger partial charge in [0.05, 0.1) is 24.2 Å². The van der Waals surface area contributed by atoms with Gasteiger partial charge in [-0.25, -0.2) is 4.98 Å². The molecule has 0 bridgehead atoms. The zero-order valence-corrected chi connectivity index (χ0v) is 11.1. The van der Waals surface area contributed by atoms with Crippen molar-refractivity contribution in [1.29, 1.82) is 0 Å². The molecule has 0 saturated carbocycles. The van der Waals surface area contributed by atoms with Crippen LogP contribution in [0.4, 0.5) is 0 Å². The highest BCUT2D eigenvalue weighted by atomic mass is 16.5. The minimum atomic E-state index is 0.170. The van der Waals surface area contributed by atoms with Gasteiger partial charge in [0.1, 0.15) is 0 Å². The highest BCUT2D eigenvalue weighted by Crippen LogP contribution is 2.15. The van der Waals surface area contributed by atoms with Crippen molar-refractivity contribution in [2.24, 2.45) is 5.73 Å². The normalized spacial score (nSPS) is 21.3. The molecular formula is C13H24N4O. The van der Waals surface area contributed by atoms with E-state index in [4.69, 9.17) is 10.5 Å². The maximum atomic E-state index is 5.87. The van der Waals surface area contributed by atoms with Crippen LogP contribution < -0.4 is 11.1 Å². The van der Waals surface area contributed by atoms with Gasteiger partial charge in [0.15, 0.2) is 0 Å². The summed E-state index contributed by atoms with van der Waals surface area (Å²) < 4.78 is 7.80. The van der Waals surface area contributed by atoms with Gasteiger partial charge in [-0.1, -0.05) is 6.92 Å². The van der Waals surface area contributed by atoms with Crippen molar-refractivity contribution in [3.05, 3.63) is 18.2 Å². The molecule has 0 spiro atoms. The molecule has 5 nitrogen and oxygen atoms in total. The summed E-state index contributed by atoms with van der Waals surface area (Å²) in [6, 6.07) is 0.170. The van der Waals surface area contributed by atoms with E-state index in [1.54, 1.807) is 0 Å². The third kappa shape index (κ3) is 3.31. The lowest BCUT2D eigenvalue weighted by atomic mass is 10.2. The molecule has 5 heteroatoms. The number of imidazole rings is 1. The predicted octanol–water partition coefficient (Wildman–Crippen LogP) is 1.06. The van der Waals surface area contributed by atoms with Crippen molar-refractivity contribution in [2.45, 2.75) is 44.9 Å². The van der Waals surface area contributed by atoms with Gasteiger partial charge in [0, 0.05) is 32.4 Å². The van der Waals surface area contributed by atoms with Crippen molar-refractivity contribution in [3.63, 3.8) is 0 Å². The molecule has 1 aromatic heterocycles. The Morgan fingerprint density at radius 1 is 1.67 bits per heavy atom. The average Bonchev–Trinajstić information content (AvgIpc) is 3.02. The molecule has 1 saturated heterocycles. The molecule has 2 heterocycles. The molecule has 1 aliphatic heterocycles. The lowest BCUT2D eigenvalue weighted by Crippen LogP contribution is -2.35. The Labute approximate surface area is 109 Å². The first-order valence-electron chi connectivity index (χ1n) is 6.90. The Bertz CT molecular complexity index is 347. The summed E-state index contributed by atoms with van der Waals surface area (Å²) in [6.07, 6.45) is 7.57. The molecule has 0 aliphatic carbocycles. The molecule has 18 heavy (non-hydrogen) atoms. The quantitative estimate of drug-likeness (QED) is 0.761. The third-order valence-electron chi connectivity index (χ3n) is 3.42. The summed E-state index contributed by atoms with van der Waals surface area (Å²) in [5, 5.41) is 3.50. The average molecular weight is 252 g/mol.